The standard InChI is InChI=1S/C9H8F2N2O3S/c1-16-7-2-4-8(5-3-7)17(14,15)9(10,11)6-13-12/h2-6H,1H3. The molecule has 8 heteroatoms. The van der Waals surface area contributed by atoms with Crippen LogP contribution < -0.4 is 4.74 Å². The second kappa shape index (κ2) is 4.60. The number of sulfone groups is 1. The molecule has 0 radical (unpaired) electrons. The maximum atomic E-state index is 13.1. The Hall–Kier alpha value is -1.79. The summed E-state index contributed by atoms with van der Waals surface area (Å²) in [5, 5.41) is -4.27. The second-order valence-corrected chi connectivity index (χ2v) is 5.01. The lowest BCUT2D eigenvalue weighted by atomic mass is 10.3. The largest absolute Gasteiger partial charge is 0.497 e. The van der Waals surface area contributed by atoms with Gasteiger partial charge < -0.3 is 10.3 Å². The molecule has 0 fully saturated rings. The number of rotatable bonds is 4. The Balaban J connectivity index is 3.26. The highest BCUT2D eigenvalue weighted by Gasteiger charge is 2.49. The van der Waals surface area contributed by atoms with E-state index >= 15 is 0 Å². The van der Waals surface area contributed by atoms with Crippen molar-refractivity contribution in [3.63, 3.8) is 0 Å². The van der Waals surface area contributed by atoms with Gasteiger partial charge in [0.1, 0.15) is 5.75 Å². The Kier molecular flexibility index (Phi) is 3.59. The van der Waals surface area contributed by atoms with Crippen LogP contribution in [-0.2, 0) is 9.84 Å². The van der Waals surface area contributed by atoms with Gasteiger partial charge in [0.15, 0.2) is 0 Å². The van der Waals surface area contributed by atoms with Crippen molar-refractivity contribution in [3.8, 4) is 5.75 Å². The van der Waals surface area contributed by atoms with Gasteiger partial charge in [-0.3, -0.25) is 0 Å². The van der Waals surface area contributed by atoms with E-state index < -0.39 is 20.0 Å². The lowest BCUT2D eigenvalue weighted by Crippen LogP contribution is -2.30. The van der Waals surface area contributed by atoms with Gasteiger partial charge >= 0.3 is 11.5 Å². The Morgan fingerprint density at radius 2 is 1.88 bits per heavy atom. The van der Waals surface area contributed by atoms with Crippen molar-refractivity contribution in [1.29, 1.82) is 0 Å². The van der Waals surface area contributed by atoms with E-state index in [1.54, 1.807) is 0 Å². The lowest BCUT2D eigenvalue weighted by Gasteiger charge is -2.09. The Morgan fingerprint density at radius 1 is 1.35 bits per heavy atom. The first-order valence-corrected chi connectivity index (χ1v) is 5.78. The highest BCUT2D eigenvalue weighted by atomic mass is 32.2. The molecule has 0 aliphatic carbocycles. The van der Waals surface area contributed by atoms with Crippen LogP contribution in [0.25, 0.3) is 5.53 Å². The summed E-state index contributed by atoms with van der Waals surface area (Å²) in [4.78, 5) is 1.46. The van der Waals surface area contributed by atoms with Gasteiger partial charge in [-0.2, -0.15) is 13.6 Å². The lowest BCUT2D eigenvalue weighted by molar-refractivity contribution is -0.0198. The van der Waals surface area contributed by atoms with Crippen LogP contribution in [0.1, 0.15) is 0 Å². The van der Waals surface area contributed by atoms with E-state index in [9.17, 15) is 17.2 Å². The normalized spacial score (nSPS) is 11.7. The summed E-state index contributed by atoms with van der Waals surface area (Å²) in [6.45, 7) is 0. The van der Waals surface area contributed by atoms with Crippen molar-refractivity contribution >= 4 is 16.1 Å². The van der Waals surface area contributed by atoms with Gasteiger partial charge in [0.2, 0.25) is 0 Å². The summed E-state index contributed by atoms with van der Waals surface area (Å²) in [5.74, 6) is 0.336. The molecule has 0 aliphatic rings. The van der Waals surface area contributed by atoms with Gasteiger partial charge in [0, 0.05) is 0 Å². The predicted molar refractivity (Wildman–Crippen MR) is 54.8 cm³/mol. The van der Waals surface area contributed by atoms with E-state index in [0.29, 0.717) is 5.75 Å². The number of hydrogen-bond donors (Lipinski definition) is 0. The summed E-state index contributed by atoms with van der Waals surface area (Å²) in [5.41, 5.74) is 8.00. The highest BCUT2D eigenvalue weighted by Crippen LogP contribution is 2.28. The molecule has 0 unspecified atom stereocenters. The molecule has 0 heterocycles. The maximum Gasteiger partial charge on any atom is 0.440 e. The molecule has 0 spiro atoms. The van der Waals surface area contributed by atoms with Crippen molar-refractivity contribution in [2.24, 2.45) is 0 Å². The third kappa shape index (κ3) is 2.48. The topological polar surface area (TPSA) is 79.8 Å². The zero-order valence-corrected chi connectivity index (χ0v) is 9.49. The number of methoxy groups -OCH3 is 1. The van der Waals surface area contributed by atoms with Crippen molar-refractivity contribution in [1.82, 2.24) is 0 Å². The summed E-state index contributed by atoms with van der Waals surface area (Å²) < 4.78 is 53.9. The Morgan fingerprint density at radius 3 is 2.29 bits per heavy atom. The molecule has 0 saturated carbocycles. The monoisotopic (exact) mass is 262 g/mol. The van der Waals surface area contributed by atoms with E-state index in [1.165, 1.54) is 19.2 Å². The summed E-state index contributed by atoms with van der Waals surface area (Å²) in [6.07, 6.45) is -0.341. The smallest absolute Gasteiger partial charge is 0.440 e. The number of hydrogen-bond acceptors (Lipinski definition) is 3. The number of halogens is 2. The third-order valence-corrected chi connectivity index (χ3v) is 3.65. The molecule has 0 saturated heterocycles. The number of ether oxygens (including phenoxy) is 1. The van der Waals surface area contributed by atoms with Crippen molar-refractivity contribution < 1.29 is 26.7 Å². The van der Waals surface area contributed by atoms with E-state index in [2.05, 4.69) is 4.79 Å². The fourth-order valence-electron chi connectivity index (χ4n) is 1.05. The fraction of sp³-hybridized carbons (Fsp3) is 0.222. The first kappa shape index (κ1) is 13.3. The fourth-order valence-corrected chi connectivity index (χ4v) is 2.04. The van der Waals surface area contributed by atoms with Crippen LogP contribution in [0.15, 0.2) is 29.2 Å². The quantitative estimate of drug-likeness (QED) is 0.467. The summed E-state index contributed by atoms with van der Waals surface area (Å²) >= 11 is 0. The average molecular weight is 262 g/mol. The molecule has 1 aromatic carbocycles. The highest BCUT2D eigenvalue weighted by molar-refractivity contribution is 7.93. The van der Waals surface area contributed by atoms with Crippen LogP contribution in [0.5, 0.6) is 5.75 Å². The van der Waals surface area contributed by atoms with Crippen LogP contribution in [0.2, 0.25) is 0 Å². The average Bonchev–Trinajstić information content (AvgIpc) is 2.29. The van der Waals surface area contributed by atoms with Crippen molar-refractivity contribution in [2.75, 3.05) is 7.11 Å². The first-order chi connectivity index (χ1) is 7.85. The van der Waals surface area contributed by atoms with Crippen molar-refractivity contribution in [2.45, 2.75) is 10.2 Å². The minimum atomic E-state index is -4.92. The second-order valence-electron chi connectivity index (χ2n) is 2.99. The van der Waals surface area contributed by atoms with E-state index in [1.807, 2.05) is 0 Å². The molecule has 17 heavy (non-hydrogen) atoms. The van der Waals surface area contributed by atoms with Crippen LogP contribution in [-0.4, -0.2) is 31.8 Å². The van der Waals surface area contributed by atoms with E-state index in [-0.39, 0.29) is 6.21 Å². The number of benzene rings is 1. The van der Waals surface area contributed by atoms with Gasteiger partial charge in [-0.15, -0.1) is 0 Å². The zero-order valence-electron chi connectivity index (χ0n) is 8.67. The molecular weight excluding hydrogens is 254 g/mol. The first-order valence-electron chi connectivity index (χ1n) is 4.30. The maximum absolute atomic E-state index is 13.1. The van der Waals surface area contributed by atoms with Crippen LogP contribution >= 0.6 is 0 Å². The van der Waals surface area contributed by atoms with Crippen LogP contribution in [0, 0.1) is 0 Å². The molecule has 0 aromatic heterocycles. The van der Waals surface area contributed by atoms with Gasteiger partial charge in [-0.25, -0.2) is 8.42 Å². The molecule has 0 N–H and O–H groups in total. The molecule has 0 amide bonds. The van der Waals surface area contributed by atoms with Gasteiger partial charge in [0.25, 0.3) is 9.84 Å². The molecule has 92 valence electrons. The molecule has 0 bridgehead atoms. The van der Waals surface area contributed by atoms with Gasteiger partial charge in [-0.1, -0.05) is 0 Å². The zero-order chi connectivity index (χ0) is 13.1. The molecule has 0 aliphatic heterocycles. The predicted octanol–water partition coefficient (Wildman–Crippen LogP) is 1.36. The van der Waals surface area contributed by atoms with Gasteiger partial charge in [-0.05, 0) is 24.3 Å². The SMILES string of the molecule is COc1ccc(S(=O)(=O)C(F)(F)C=[N+]=[N-])cc1. The minimum absolute atomic E-state index is 0.336. The molecule has 1 rings (SSSR count). The number of alkyl halides is 2. The molecular formula is C9H8F2N2O3S. The summed E-state index contributed by atoms with van der Waals surface area (Å²) in [6, 6.07) is 4.43. The van der Waals surface area contributed by atoms with E-state index in [0.717, 1.165) is 12.1 Å². The Bertz CT molecular complexity index is 548. The third-order valence-electron chi connectivity index (χ3n) is 1.94. The number of nitrogens with zero attached hydrogens (tertiary/aromatic N) is 2. The Labute approximate surface area is 96.2 Å². The molecule has 1 aromatic rings. The van der Waals surface area contributed by atoms with Crippen molar-refractivity contribution in [3.05, 3.63) is 29.8 Å². The van der Waals surface area contributed by atoms with Crippen LogP contribution in [0.3, 0.4) is 0 Å². The minimum Gasteiger partial charge on any atom is -0.497 e. The molecule has 0 atom stereocenters. The summed E-state index contributed by atoms with van der Waals surface area (Å²) in [7, 11) is -3.57. The van der Waals surface area contributed by atoms with Gasteiger partial charge in [0.05, 0.1) is 12.0 Å². The van der Waals surface area contributed by atoms with Crippen LogP contribution in [0.4, 0.5) is 8.78 Å². The van der Waals surface area contributed by atoms with E-state index in [4.69, 9.17) is 10.3 Å². The molecule has 5 nitrogen and oxygen atoms in total.